The molecule has 0 atom stereocenters. The number of anilines is 1. The fourth-order valence-electron chi connectivity index (χ4n) is 3.22. The number of fused-ring (bicyclic) bond motifs is 2. The van der Waals surface area contributed by atoms with Gasteiger partial charge >= 0.3 is 0 Å². The number of hydrogen-bond acceptors (Lipinski definition) is 6. The van der Waals surface area contributed by atoms with E-state index in [9.17, 15) is 10.1 Å². The number of thiophene rings is 1. The lowest BCUT2D eigenvalue weighted by Crippen LogP contribution is -2.31. The van der Waals surface area contributed by atoms with Crippen molar-refractivity contribution in [1.82, 2.24) is 9.97 Å². The zero-order chi connectivity index (χ0) is 16.7. The second-order valence-electron chi connectivity index (χ2n) is 5.80. The van der Waals surface area contributed by atoms with Crippen molar-refractivity contribution in [1.29, 1.82) is 0 Å². The number of benzene rings is 1. The van der Waals surface area contributed by atoms with Crippen molar-refractivity contribution >= 4 is 33.1 Å². The summed E-state index contributed by atoms with van der Waals surface area (Å²) in [5, 5.41) is 14.3. The summed E-state index contributed by atoms with van der Waals surface area (Å²) in [5.74, 6) is 1.78. The third kappa shape index (κ3) is 2.41. The highest BCUT2D eigenvalue weighted by Crippen LogP contribution is 2.33. The van der Waals surface area contributed by atoms with Crippen LogP contribution in [0.2, 0.25) is 0 Å². The summed E-state index contributed by atoms with van der Waals surface area (Å²) in [6.07, 6.45) is 1.44. The summed E-state index contributed by atoms with van der Waals surface area (Å²) in [7, 11) is 0. The van der Waals surface area contributed by atoms with Crippen LogP contribution in [-0.4, -0.2) is 21.4 Å². The summed E-state index contributed by atoms with van der Waals surface area (Å²) >= 11 is 1.62. The van der Waals surface area contributed by atoms with E-state index >= 15 is 0 Å². The lowest BCUT2D eigenvalue weighted by molar-refractivity contribution is -0.385. The predicted octanol–water partition coefficient (Wildman–Crippen LogP) is 3.72. The molecule has 0 radical (unpaired) electrons. The Bertz CT molecular complexity index is 937. The molecule has 0 amide bonds. The predicted molar refractivity (Wildman–Crippen MR) is 94.6 cm³/mol. The molecule has 1 aliphatic rings. The standard InChI is InChI=1S/C17H16N4O2S/c1-2-15-18-16(13-7-9-24-17(13)19-15)20-8-6-12-11(10-20)4-3-5-14(12)21(22)23/h3-5,7,9H,2,6,8,10H2,1H3. The molecule has 4 rings (SSSR count). The van der Waals surface area contributed by atoms with Crippen LogP contribution in [0.3, 0.4) is 0 Å². The van der Waals surface area contributed by atoms with Gasteiger partial charge in [0.05, 0.1) is 10.3 Å². The first-order valence-electron chi connectivity index (χ1n) is 7.91. The smallest absolute Gasteiger partial charge is 0.272 e. The number of nitro benzene ring substituents is 1. The highest BCUT2D eigenvalue weighted by atomic mass is 32.1. The average molecular weight is 340 g/mol. The Labute approximate surface area is 142 Å². The number of nitrogens with zero attached hydrogens (tertiary/aromatic N) is 4. The molecule has 24 heavy (non-hydrogen) atoms. The Morgan fingerprint density at radius 1 is 1.33 bits per heavy atom. The van der Waals surface area contributed by atoms with Gasteiger partial charge in [0, 0.05) is 31.1 Å². The second-order valence-corrected chi connectivity index (χ2v) is 6.69. The molecular formula is C17H16N4O2S. The molecule has 122 valence electrons. The van der Waals surface area contributed by atoms with Crippen molar-refractivity contribution in [2.45, 2.75) is 26.3 Å². The lowest BCUT2D eigenvalue weighted by atomic mass is 9.98. The summed E-state index contributed by atoms with van der Waals surface area (Å²) in [5.41, 5.74) is 2.09. The van der Waals surface area contributed by atoms with Crippen LogP contribution >= 0.6 is 11.3 Å². The number of aryl methyl sites for hydroxylation is 1. The van der Waals surface area contributed by atoms with Gasteiger partial charge in [0.15, 0.2) is 0 Å². The zero-order valence-electron chi connectivity index (χ0n) is 13.2. The van der Waals surface area contributed by atoms with Crippen molar-refractivity contribution in [3.63, 3.8) is 0 Å². The fraction of sp³-hybridized carbons (Fsp3) is 0.294. The highest BCUT2D eigenvalue weighted by Gasteiger charge is 2.25. The van der Waals surface area contributed by atoms with E-state index in [2.05, 4.69) is 16.0 Å². The van der Waals surface area contributed by atoms with Gasteiger partial charge in [-0.05, 0) is 23.4 Å². The summed E-state index contributed by atoms with van der Waals surface area (Å²) in [6, 6.07) is 7.38. The number of rotatable bonds is 3. The Hall–Kier alpha value is -2.54. The normalized spacial score (nSPS) is 14.0. The third-order valence-electron chi connectivity index (χ3n) is 4.40. The molecule has 0 N–H and O–H groups in total. The molecule has 0 aliphatic carbocycles. The molecule has 3 aromatic rings. The molecule has 1 aromatic carbocycles. The van der Waals surface area contributed by atoms with Crippen molar-refractivity contribution in [2.24, 2.45) is 0 Å². The van der Waals surface area contributed by atoms with Crippen molar-refractivity contribution in [3.8, 4) is 0 Å². The quantitative estimate of drug-likeness (QED) is 0.537. The maximum atomic E-state index is 11.2. The van der Waals surface area contributed by atoms with Crippen LogP contribution in [0, 0.1) is 10.1 Å². The first-order chi connectivity index (χ1) is 11.7. The minimum absolute atomic E-state index is 0.227. The van der Waals surface area contributed by atoms with Crippen LogP contribution in [0.15, 0.2) is 29.6 Å². The van der Waals surface area contributed by atoms with E-state index in [0.29, 0.717) is 13.0 Å². The maximum absolute atomic E-state index is 11.2. The molecule has 1 aliphatic heterocycles. The molecule has 0 saturated carbocycles. The van der Waals surface area contributed by atoms with Gasteiger partial charge < -0.3 is 4.90 Å². The van der Waals surface area contributed by atoms with E-state index in [1.807, 2.05) is 18.4 Å². The Balaban J connectivity index is 1.77. The van der Waals surface area contributed by atoms with E-state index in [1.54, 1.807) is 23.5 Å². The molecule has 0 bridgehead atoms. The van der Waals surface area contributed by atoms with Gasteiger partial charge in [-0.3, -0.25) is 10.1 Å². The number of hydrogen-bond donors (Lipinski definition) is 0. The van der Waals surface area contributed by atoms with E-state index in [1.165, 1.54) is 0 Å². The van der Waals surface area contributed by atoms with Crippen molar-refractivity contribution in [3.05, 3.63) is 56.7 Å². The minimum atomic E-state index is -0.286. The average Bonchev–Trinajstić information content (AvgIpc) is 3.08. The zero-order valence-corrected chi connectivity index (χ0v) is 14.0. The second kappa shape index (κ2) is 5.83. The molecule has 3 heterocycles. The molecule has 2 aromatic heterocycles. The first kappa shape index (κ1) is 15.0. The van der Waals surface area contributed by atoms with Crippen molar-refractivity contribution in [2.75, 3.05) is 11.4 Å². The first-order valence-corrected chi connectivity index (χ1v) is 8.79. The third-order valence-corrected chi connectivity index (χ3v) is 5.21. The van der Waals surface area contributed by atoms with Crippen LogP contribution < -0.4 is 4.90 Å². The molecule has 6 nitrogen and oxygen atoms in total. The SMILES string of the molecule is CCc1nc(N2CCc3c(cccc3[N+](=O)[O-])C2)c2ccsc2n1. The number of aromatic nitrogens is 2. The van der Waals surface area contributed by atoms with Gasteiger partial charge in [-0.25, -0.2) is 9.97 Å². The van der Waals surface area contributed by atoms with E-state index < -0.39 is 0 Å². The largest absolute Gasteiger partial charge is 0.351 e. The monoisotopic (exact) mass is 340 g/mol. The molecule has 0 unspecified atom stereocenters. The van der Waals surface area contributed by atoms with Gasteiger partial charge in [0.2, 0.25) is 0 Å². The molecular weight excluding hydrogens is 324 g/mol. The van der Waals surface area contributed by atoms with Crippen molar-refractivity contribution < 1.29 is 4.92 Å². The summed E-state index contributed by atoms with van der Waals surface area (Å²) < 4.78 is 0. The molecule has 0 spiro atoms. The minimum Gasteiger partial charge on any atom is -0.351 e. The topological polar surface area (TPSA) is 72.2 Å². The van der Waals surface area contributed by atoms with Crippen LogP contribution in [0.5, 0.6) is 0 Å². The Morgan fingerprint density at radius 3 is 3.00 bits per heavy atom. The van der Waals surface area contributed by atoms with Gasteiger partial charge in [-0.2, -0.15) is 0 Å². The van der Waals surface area contributed by atoms with E-state index in [-0.39, 0.29) is 10.6 Å². The fourth-order valence-corrected chi connectivity index (χ4v) is 4.00. The van der Waals surface area contributed by atoms with Crippen LogP contribution in [0.4, 0.5) is 11.5 Å². The Kier molecular flexibility index (Phi) is 3.65. The van der Waals surface area contributed by atoms with Gasteiger partial charge in [0.1, 0.15) is 16.5 Å². The van der Waals surface area contributed by atoms with Gasteiger partial charge in [-0.15, -0.1) is 11.3 Å². The van der Waals surface area contributed by atoms with E-state index in [0.717, 1.165) is 46.0 Å². The lowest BCUT2D eigenvalue weighted by Gasteiger charge is -2.30. The summed E-state index contributed by atoms with van der Waals surface area (Å²) in [6.45, 7) is 3.42. The van der Waals surface area contributed by atoms with Gasteiger partial charge in [-0.1, -0.05) is 19.1 Å². The summed E-state index contributed by atoms with van der Waals surface area (Å²) in [4.78, 5) is 23.5. The molecule has 7 heteroatoms. The van der Waals surface area contributed by atoms with Gasteiger partial charge in [0.25, 0.3) is 5.69 Å². The Morgan fingerprint density at radius 2 is 2.21 bits per heavy atom. The highest BCUT2D eigenvalue weighted by molar-refractivity contribution is 7.16. The van der Waals surface area contributed by atoms with Crippen LogP contribution in [-0.2, 0) is 19.4 Å². The van der Waals surface area contributed by atoms with Crippen LogP contribution in [0.1, 0.15) is 23.9 Å². The maximum Gasteiger partial charge on any atom is 0.272 e. The van der Waals surface area contributed by atoms with E-state index in [4.69, 9.17) is 4.98 Å². The number of nitro groups is 1. The van der Waals surface area contributed by atoms with Crippen LogP contribution in [0.25, 0.3) is 10.2 Å². The molecule has 0 saturated heterocycles. The molecule has 0 fully saturated rings.